The van der Waals surface area contributed by atoms with Crippen LogP contribution in [0, 0.1) is 0 Å². The summed E-state index contributed by atoms with van der Waals surface area (Å²) in [6.07, 6.45) is 1.82. The van der Waals surface area contributed by atoms with E-state index in [9.17, 15) is 4.79 Å². The lowest BCUT2D eigenvalue weighted by molar-refractivity contribution is -0.143. The summed E-state index contributed by atoms with van der Waals surface area (Å²) in [6, 6.07) is 0. The Morgan fingerprint density at radius 3 is 2.31 bits per heavy atom. The molecule has 0 fully saturated rings. The van der Waals surface area contributed by atoms with Gasteiger partial charge < -0.3 is 9.84 Å². The molecule has 0 unspecified atom stereocenters. The standard InChI is InChI=1S/C7H14O3.CH2Cl2/c1-2-10-7(9)5-3-4-6-8;2-1-3/h8H,2-6H2,1H3;1H2. The Morgan fingerprint density at radius 2 is 1.92 bits per heavy atom. The number of hydrogen-bond donors (Lipinski definition) is 1. The lowest BCUT2D eigenvalue weighted by Gasteiger charge is -1.98. The smallest absolute Gasteiger partial charge is 0.305 e. The third-order valence-electron chi connectivity index (χ3n) is 1.09. The maximum absolute atomic E-state index is 10.6. The summed E-state index contributed by atoms with van der Waals surface area (Å²) in [5.41, 5.74) is 0. The quantitative estimate of drug-likeness (QED) is 0.448. The minimum absolute atomic E-state index is 0.152. The molecule has 0 aromatic heterocycles. The molecule has 0 rings (SSSR count). The molecule has 0 atom stereocenters. The van der Waals surface area contributed by atoms with Crippen molar-refractivity contribution in [3.8, 4) is 0 Å². The number of carbonyl (C=O) groups excluding carboxylic acids is 1. The van der Waals surface area contributed by atoms with Gasteiger partial charge in [-0.1, -0.05) is 0 Å². The van der Waals surface area contributed by atoms with Crippen LogP contribution in [0.25, 0.3) is 0 Å². The van der Waals surface area contributed by atoms with E-state index in [4.69, 9.17) is 28.3 Å². The molecular formula is C8H16Cl2O3. The van der Waals surface area contributed by atoms with Gasteiger partial charge in [0.25, 0.3) is 0 Å². The first-order chi connectivity index (χ1) is 6.22. The first kappa shape index (κ1) is 15.5. The zero-order chi connectivity index (χ0) is 10.5. The second kappa shape index (κ2) is 14.5. The number of ether oxygens (including phenoxy) is 1. The summed E-state index contributed by atoms with van der Waals surface area (Å²) in [5, 5.41) is 8.55. The SMILES string of the molecule is CCOC(=O)CCCCO.ClCCl. The van der Waals surface area contributed by atoms with E-state index >= 15 is 0 Å². The van der Waals surface area contributed by atoms with Crippen LogP contribution in [0.4, 0.5) is 0 Å². The molecule has 1 N–H and O–H groups in total. The minimum atomic E-state index is -0.170. The lowest BCUT2D eigenvalue weighted by Crippen LogP contribution is -2.03. The Bertz CT molecular complexity index is 110. The van der Waals surface area contributed by atoms with Crippen molar-refractivity contribution in [2.45, 2.75) is 26.2 Å². The maximum atomic E-state index is 10.6. The average molecular weight is 231 g/mol. The Labute approximate surface area is 89.0 Å². The van der Waals surface area contributed by atoms with Gasteiger partial charge in [0.1, 0.15) is 0 Å². The van der Waals surface area contributed by atoms with Crippen LogP contribution in [0.1, 0.15) is 26.2 Å². The van der Waals surface area contributed by atoms with E-state index in [0.717, 1.165) is 6.42 Å². The van der Waals surface area contributed by atoms with Crippen molar-refractivity contribution in [1.82, 2.24) is 0 Å². The van der Waals surface area contributed by atoms with Gasteiger partial charge in [0, 0.05) is 13.0 Å². The molecule has 80 valence electrons. The van der Waals surface area contributed by atoms with Gasteiger partial charge in [-0.15, -0.1) is 23.2 Å². The van der Waals surface area contributed by atoms with Crippen LogP contribution in [0.5, 0.6) is 0 Å². The number of unbranched alkanes of at least 4 members (excludes halogenated alkanes) is 1. The van der Waals surface area contributed by atoms with Crippen LogP contribution in [0.3, 0.4) is 0 Å². The Balaban J connectivity index is 0. The molecule has 0 aliphatic carbocycles. The van der Waals surface area contributed by atoms with Gasteiger partial charge in [0.05, 0.1) is 11.9 Å². The molecule has 0 saturated heterocycles. The number of rotatable bonds is 5. The molecule has 5 heteroatoms. The van der Waals surface area contributed by atoms with E-state index in [-0.39, 0.29) is 17.9 Å². The number of carbonyl (C=O) groups is 1. The maximum Gasteiger partial charge on any atom is 0.305 e. The van der Waals surface area contributed by atoms with Gasteiger partial charge >= 0.3 is 5.97 Å². The molecule has 0 aliphatic heterocycles. The van der Waals surface area contributed by atoms with E-state index in [2.05, 4.69) is 4.74 Å². The zero-order valence-corrected chi connectivity index (χ0v) is 9.27. The van der Waals surface area contributed by atoms with E-state index in [1.165, 1.54) is 0 Å². The van der Waals surface area contributed by atoms with Gasteiger partial charge in [0.15, 0.2) is 0 Å². The molecule has 0 bridgehead atoms. The Morgan fingerprint density at radius 1 is 1.38 bits per heavy atom. The molecular weight excluding hydrogens is 215 g/mol. The van der Waals surface area contributed by atoms with Gasteiger partial charge in [-0.05, 0) is 19.8 Å². The second-order valence-corrected chi connectivity index (χ2v) is 2.89. The molecule has 0 radical (unpaired) electrons. The van der Waals surface area contributed by atoms with Gasteiger partial charge in [-0.3, -0.25) is 4.79 Å². The second-order valence-electron chi connectivity index (χ2n) is 2.09. The van der Waals surface area contributed by atoms with Gasteiger partial charge in [-0.25, -0.2) is 0 Å². The fourth-order valence-corrected chi connectivity index (χ4v) is 0.614. The van der Waals surface area contributed by atoms with E-state index < -0.39 is 0 Å². The molecule has 0 aromatic rings. The number of alkyl halides is 2. The Kier molecular flexibility index (Phi) is 17.3. The van der Waals surface area contributed by atoms with E-state index in [0.29, 0.717) is 19.4 Å². The predicted octanol–water partition coefficient (Wildman–Crippen LogP) is 2.13. The average Bonchev–Trinajstić information content (AvgIpc) is 2.07. The van der Waals surface area contributed by atoms with Crippen molar-refractivity contribution in [2.75, 3.05) is 18.6 Å². The zero-order valence-electron chi connectivity index (χ0n) is 7.76. The minimum Gasteiger partial charge on any atom is -0.466 e. The topological polar surface area (TPSA) is 46.5 Å². The molecule has 0 heterocycles. The highest BCUT2D eigenvalue weighted by atomic mass is 35.5. The first-order valence-electron chi connectivity index (χ1n) is 4.11. The van der Waals surface area contributed by atoms with Crippen LogP contribution in [0.2, 0.25) is 0 Å². The fraction of sp³-hybridized carbons (Fsp3) is 0.875. The van der Waals surface area contributed by atoms with Crippen molar-refractivity contribution >= 4 is 29.2 Å². The number of hydrogen-bond acceptors (Lipinski definition) is 3. The summed E-state index contributed by atoms with van der Waals surface area (Å²) in [7, 11) is 0. The van der Waals surface area contributed by atoms with E-state index in [1.807, 2.05) is 0 Å². The molecule has 0 aromatic carbocycles. The van der Waals surface area contributed by atoms with Gasteiger partial charge in [-0.2, -0.15) is 0 Å². The summed E-state index contributed by atoms with van der Waals surface area (Å²) in [4.78, 5) is 10.6. The normalized spacial score (nSPS) is 8.62. The highest BCUT2D eigenvalue weighted by molar-refractivity contribution is 6.40. The van der Waals surface area contributed by atoms with Crippen molar-refractivity contribution in [1.29, 1.82) is 0 Å². The van der Waals surface area contributed by atoms with Crippen molar-refractivity contribution < 1.29 is 14.6 Å². The van der Waals surface area contributed by atoms with Crippen LogP contribution in [-0.4, -0.2) is 29.6 Å². The van der Waals surface area contributed by atoms with Crippen LogP contribution >= 0.6 is 23.2 Å². The van der Waals surface area contributed by atoms with Crippen molar-refractivity contribution in [2.24, 2.45) is 0 Å². The van der Waals surface area contributed by atoms with Crippen LogP contribution < -0.4 is 0 Å². The highest BCUT2D eigenvalue weighted by Crippen LogP contribution is 1.95. The summed E-state index contributed by atoms with van der Waals surface area (Å²) in [6.45, 7) is 2.38. The third-order valence-corrected chi connectivity index (χ3v) is 1.09. The first-order valence-corrected chi connectivity index (χ1v) is 5.18. The third kappa shape index (κ3) is 18.8. The molecule has 0 spiro atoms. The lowest BCUT2D eigenvalue weighted by atomic mass is 10.2. The van der Waals surface area contributed by atoms with E-state index in [1.54, 1.807) is 6.92 Å². The van der Waals surface area contributed by atoms with Crippen LogP contribution in [0.15, 0.2) is 0 Å². The number of esters is 1. The largest absolute Gasteiger partial charge is 0.466 e. The summed E-state index contributed by atoms with van der Waals surface area (Å²) < 4.78 is 4.67. The summed E-state index contributed by atoms with van der Waals surface area (Å²) in [5.74, 6) is -0.170. The highest BCUT2D eigenvalue weighted by Gasteiger charge is 1.98. The van der Waals surface area contributed by atoms with Crippen molar-refractivity contribution in [3.63, 3.8) is 0 Å². The molecule has 0 aliphatic rings. The number of halogens is 2. The summed E-state index contributed by atoms with van der Waals surface area (Å²) >= 11 is 9.53. The number of aliphatic hydroxyl groups is 1. The molecule has 3 nitrogen and oxygen atoms in total. The monoisotopic (exact) mass is 230 g/mol. The Hall–Kier alpha value is 0.01000. The van der Waals surface area contributed by atoms with Gasteiger partial charge in [0.2, 0.25) is 0 Å². The fourth-order valence-electron chi connectivity index (χ4n) is 0.614. The predicted molar refractivity (Wildman–Crippen MR) is 54.1 cm³/mol. The number of aliphatic hydroxyl groups excluding tert-OH is 1. The van der Waals surface area contributed by atoms with Crippen LogP contribution in [-0.2, 0) is 9.53 Å². The van der Waals surface area contributed by atoms with Crippen molar-refractivity contribution in [3.05, 3.63) is 0 Å². The molecule has 0 amide bonds. The molecule has 0 saturated carbocycles. The molecule has 13 heavy (non-hydrogen) atoms.